The van der Waals surface area contributed by atoms with Crippen LogP contribution in [0.25, 0.3) is 0 Å². The van der Waals surface area contributed by atoms with E-state index in [0.717, 1.165) is 30.0 Å². The Labute approximate surface area is 135 Å². The summed E-state index contributed by atoms with van der Waals surface area (Å²) in [5.74, 6) is -0.282. The Bertz CT molecular complexity index is 657. The molecule has 0 saturated carbocycles. The highest BCUT2D eigenvalue weighted by Crippen LogP contribution is 2.27. The number of sulfonamides is 1. The molecule has 0 spiro atoms. The molecule has 0 aromatic heterocycles. The van der Waals surface area contributed by atoms with E-state index in [4.69, 9.17) is 16.3 Å². The number of carbonyl (C=O) groups is 1. The summed E-state index contributed by atoms with van der Waals surface area (Å²) in [5, 5.41) is 3.06. The first-order valence-corrected chi connectivity index (χ1v) is 9.15. The third kappa shape index (κ3) is 4.12. The summed E-state index contributed by atoms with van der Waals surface area (Å²) in [7, 11) is -2.06. The Balaban J connectivity index is 2.12. The molecular weight excluding hydrogens is 328 g/mol. The minimum atomic E-state index is -3.45. The number of halogens is 1. The van der Waals surface area contributed by atoms with Crippen LogP contribution in [0, 0.1) is 0 Å². The van der Waals surface area contributed by atoms with E-state index in [9.17, 15) is 13.2 Å². The van der Waals surface area contributed by atoms with Crippen LogP contribution < -0.4 is 9.62 Å². The fourth-order valence-corrected chi connectivity index (χ4v) is 2.99. The number of hydrogen-bond acceptors (Lipinski definition) is 4. The first-order chi connectivity index (χ1) is 10.3. The van der Waals surface area contributed by atoms with E-state index in [0.29, 0.717) is 12.1 Å². The summed E-state index contributed by atoms with van der Waals surface area (Å²) < 4.78 is 29.7. The third-order valence-electron chi connectivity index (χ3n) is 3.56. The molecule has 1 aliphatic heterocycles. The lowest BCUT2D eigenvalue weighted by atomic mass is 10.1. The molecule has 6 nitrogen and oxygen atoms in total. The van der Waals surface area contributed by atoms with Crippen molar-refractivity contribution in [1.82, 2.24) is 5.32 Å². The summed E-state index contributed by atoms with van der Waals surface area (Å²) in [4.78, 5) is 12.2. The fourth-order valence-electron chi connectivity index (χ4n) is 2.19. The monoisotopic (exact) mass is 346 g/mol. The van der Waals surface area contributed by atoms with Crippen molar-refractivity contribution in [3.05, 3.63) is 28.8 Å². The first-order valence-electron chi connectivity index (χ1n) is 6.92. The molecule has 1 N–H and O–H groups in total. The Kier molecular flexibility index (Phi) is 5.31. The second kappa shape index (κ2) is 6.85. The highest BCUT2D eigenvalue weighted by Gasteiger charge is 2.19. The van der Waals surface area contributed by atoms with Gasteiger partial charge in [-0.2, -0.15) is 0 Å². The van der Waals surface area contributed by atoms with Crippen LogP contribution in [0.3, 0.4) is 0 Å². The van der Waals surface area contributed by atoms with E-state index in [1.54, 1.807) is 6.07 Å². The van der Waals surface area contributed by atoms with Gasteiger partial charge in [0.25, 0.3) is 5.91 Å². The summed E-state index contributed by atoms with van der Waals surface area (Å²) >= 11 is 6.02. The van der Waals surface area contributed by atoms with Crippen molar-refractivity contribution in [2.24, 2.45) is 0 Å². The lowest BCUT2D eigenvalue weighted by Crippen LogP contribution is -2.32. The Morgan fingerprint density at radius 3 is 2.82 bits per heavy atom. The van der Waals surface area contributed by atoms with Gasteiger partial charge in [0.1, 0.15) is 0 Å². The number of nitrogens with zero attached hydrogens (tertiary/aromatic N) is 1. The molecule has 1 aliphatic rings. The van der Waals surface area contributed by atoms with Gasteiger partial charge in [0.2, 0.25) is 10.0 Å². The number of hydrogen-bond donors (Lipinski definition) is 1. The zero-order valence-electron chi connectivity index (χ0n) is 12.5. The van der Waals surface area contributed by atoms with Crippen LogP contribution in [0.4, 0.5) is 5.69 Å². The lowest BCUT2D eigenvalue weighted by molar-refractivity contribution is 0.0858. The number of benzene rings is 1. The average molecular weight is 347 g/mol. The van der Waals surface area contributed by atoms with Gasteiger partial charge in [-0.05, 0) is 31.0 Å². The average Bonchev–Trinajstić information content (AvgIpc) is 2.97. The third-order valence-corrected chi connectivity index (χ3v) is 5.07. The molecule has 122 valence electrons. The van der Waals surface area contributed by atoms with E-state index >= 15 is 0 Å². The molecule has 0 radical (unpaired) electrons. The molecule has 1 amide bonds. The van der Waals surface area contributed by atoms with E-state index in [-0.39, 0.29) is 22.7 Å². The maximum atomic E-state index is 12.2. The lowest BCUT2D eigenvalue weighted by Gasteiger charge is -2.19. The van der Waals surface area contributed by atoms with Crippen LogP contribution in [0.1, 0.15) is 23.2 Å². The first kappa shape index (κ1) is 17.1. The molecule has 1 fully saturated rings. The van der Waals surface area contributed by atoms with Gasteiger partial charge < -0.3 is 10.1 Å². The predicted molar refractivity (Wildman–Crippen MR) is 86.0 cm³/mol. The van der Waals surface area contributed by atoms with E-state index in [1.165, 1.54) is 19.2 Å². The normalized spacial score (nSPS) is 18.2. The van der Waals surface area contributed by atoms with Crippen LogP contribution in [0.5, 0.6) is 0 Å². The Morgan fingerprint density at radius 2 is 2.23 bits per heavy atom. The molecular formula is C14H19ClN2O4S. The van der Waals surface area contributed by atoms with E-state index < -0.39 is 10.0 Å². The van der Waals surface area contributed by atoms with Gasteiger partial charge in [-0.1, -0.05) is 11.6 Å². The summed E-state index contributed by atoms with van der Waals surface area (Å²) in [5.41, 5.74) is 0.627. The van der Waals surface area contributed by atoms with Crippen molar-refractivity contribution in [2.45, 2.75) is 18.9 Å². The van der Waals surface area contributed by atoms with Crippen molar-refractivity contribution in [2.75, 3.05) is 30.8 Å². The number of anilines is 1. The molecule has 0 bridgehead atoms. The molecule has 0 aliphatic carbocycles. The Hall–Kier alpha value is -1.31. The zero-order chi connectivity index (χ0) is 16.3. The molecule has 1 aromatic carbocycles. The maximum Gasteiger partial charge on any atom is 0.251 e. The number of carbonyl (C=O) groups excluding carboxylic acids is 1. The van der Waals surface area contributed by atoms with Crippen LogP contribution >= 0.6 is 11.6 Å². The highest BCUT2D eigenvalue weighted by molar-refractivity contribution is 7.92. The van der Waals surface area contributed by atoms with Gasteiger partial charge >= 0.3 is 0 Å². The Morgan fingerprint density at radius 1 is 1.50 bits per heavy atom. The molecule has 22 heavy (non-hydrogen) atoms. The van der Waals surface area contributed by atoms with Crippen LogP contribution in [0.2, 0.25) is 5.02 Å². The zero-order valence-corrected chi connectivity index (χ0v) is 14.1. The van der Waals surface area contributed by atoms with Crippen LogP contribution in [-0.4, -0.2) is 46.9 Å². The molecule has 1 atom stereocenters. The maximum absolute atomic E-state index is 12.2. The van der Waals surface area contributed by atoms with Crippen molar-refractivity contribution < 1.29 is 17.9 Å². The standard InChI is InChI=1S/C14H19ClN2O4S/c1-17(22(2,19)20)13-8-10(5-6-12(13)15)14(18)16-9-11-4-3-7-21-11/h5-6,8,11H,3-4,7,9H2,1-2H3,(H,16,18)/t11-/m0/s1. The number of nitrogens with one attached hydrogen (secondary N) is 1. The second-order valence-corrected chi connectivity index (χ2v) is 7.66. The van der Waals surface area contributed by atoms with Gasteiger partial charge in [0, 0.05) is 25.8 Å². The molecule has 1 heterocycles. The number of ether oxygens (including phenoxy) is 1. The fraction of sp³-hybridized carbons (Fsp3) is 0.500. The molecule has 1 aromatic rings. The smallest absolute Gasteiger partial charge is 0.251 e. The van der Waals surface area contributed by atoms with Crippen molar-refractivity contribution in [3.63, 3.8) is 0 Å². The summed E-state index contributed by atoms with van der Waals surface area (Å²) in [6, 6.07) is 4.54. The summed E-state index contributed by atoms with van der Waals surface area (Å²) in [6.45, 7) is 1.17. The van der Waals surface area contributed by atoms with Crippen LogP contribution in [0.15, 0.2) is 18.2 Å². The number of amides is 1. The van der Waals surface area contributed by atoms with Crippen molar-refractivity contribution >= 4 is 33.2 Å². The van der Waals surface area contributed by atoms with Gasteiger partial charge in [0.05, 0.1) is 23.1 Å². The molecule has 2 rings (SSSR count). The van der Waals surface area contributed by atoms with Gasteiger partial charge in [-0.25, -0.2) is 8.42 Å². The number of rotatable bonds is 5. The molecule has 8 heteroatoms. The highest BCUT2D eigenvalue weighted by atomic mass is 35.5. The van der Waals surface area contributed by atoms with E-state index in [1.807, 2.05) is 0 Å². The SMILES string of the molecule is CN(c1cc(C(=O)NC[C@@H]2CCCO2)ccc1Cl)S(C)(=O)=O. The van der Waals surface area contributed by atoms with Gasteiger partial charge in [0.15, 0.2) is 0 Å². The minimum absolute atomic E-state index is 0.0504. The largest absolute Gasteiger partial charge is 0.376 e. The minimum Gasteiger partial charge on any atom is -0.376 e. The molecule has 0 unspecified atom stereocenters. The summed E-state index contributed by atoms with van der Waals surface area (Å²) in [6.07, 6.45) is 3.07. The van der Waals surface area contributed by atoms with Gasteiger partial charge in [-0.3, -0.25) is 9.10 Å². The topological polar surface area (TPSA) is 75.7 Å². The molecule has 1 saturated heterocycles. The van der Waals surface area contributed by atoms with Gasteiger partial charge in [-0.15, -0.1) is 0 Å². The second-order valence-electron chi connectivity index (χ2n) is 5.24. The van der Waals surface area contributed by atoms with E-state index in [2.05, 4.69) is 5.32 Å². The van der Waals surface area contributed by atoms with Crippen molar-refractivity contribution in [1.29, 1.82) is 0 Å². The predicted octanol–water partition coefficient (Wildman–Crippen LogP) is 1.64. The quantitative estimate of drug-likeness (QED) is 0.879. The van der Waals surface area contributed by atoms with Crippen LogP contribution in [-0.2, 0) is 14.8 Å². The van der Waals surface area contributed by atoms with Crippen molar-refractivity contribution in [3.8, 4) is 0 Å².